The van der Waals surface area contributed by atoms with Gasteiger partial charge in [-0.1, -0.05) is 36.0 Å². The molecule has 1 heterocycles. The second kappa shape index (κ2) is 3.88. The quantitative estimate of drug-likeness (QED) is 0.763. The summed E-state index contributed by atoms with van der Waals surface area (Å²) in [5, 5.41) is 9.53. The Bertz CT molecular complexity index is 410. The van der Waals surface area contributed by atoms with Gasteiger partial charge in [0.05, 0.1) is 0 Å². The molecule has 1 aromatic carbocycles. The topological polar surface area (TPSA) is 20.2 Å². The van der Waals surface area contributed by atoms with Crippen LogP contribution in [0.4, 0.5) is 4.39 Å². The minimum Gasteiger partial charge on any atom is -0.502 e. The van der Waals surface area contributed by atoms with Gasteiger partial charge in [0, 0.05) is 11.3 Å². The molecule has 0 spiro atoms. The molecule has 0 saturated carbocycles. The molecule has 72 valence electrons. The molecular weight excluding hydrogens is 199 g/mol. The number of hydrogen-bond donors (Lipinski definition) is 1. The lowest BCUT2D eigenvalue weighted by Gasteiger charge is -2.09. The highest BCUT2D eigenvalue weighted by Crippen LogP contribution is 2.28. The van der Waals surface area contributed by atoms with Gasteiger partial charge in [0.2, 0.25) is 0 Å². The van der Waals surface area contributed by atoms with Crippen LogP contribution in [0.15, 0.2) is 41.5 Å². The first-order valence-electron chi connectivity index (χ1n) is 4.26. The number of halogens is 1. The van der Waals surface area contributed by atoms with Gasteiger partial charge in [0.25, 0.3) is 0 Å². The molecule has 0 atom stereocenters. The van der Waals surface area contributed by atoms with Crippen LogP contribution in [0, 0.1) is 5.82 Å². The lowest BCUT2D eigenvalue weighted by Crippen LogP contribution is -1.93. The average Bonchev–Trinajstić information content (AvgIpc) is 2.18. The van der Waals surface area contributed by atoms with Gasteiger partial charge in [0.15, 0.2) is 5.09 Å². The van der Waals surface area contributed by atoms with Crippen molar-refractivity contribution in [1.29, 1.82) is 0 Å². The molecule has 0 fully saturated rings. The number of benzene rings is 1. The fourth-order valence-corrected chi connectivity index (χ4v) is 1.98. The predicted molar refractivity (Wildman–Crippen MR) is 57.5 cm³/mol. The summed E-state index contributed by atoms with van der Waals surface area (Å²) in [5.41, 5.74) is 1.29. The highest BCUT2D eigenvalue weighted by molar-refractivity contribution is 8.03. The van der Waals surface area contributed by atoms with Crippen LogP contribution in [0.5, 0.6) is 0 Å². The molecule has 1 nitrogen and oxygen atoms in total. The summed E-state index contributed by atoms with van der Waals surface area (Å²) in [6.07, 6.45) is 3.50. The lowest BCUT2D eigenvalue weighted by atomic mass is 10.1. The fourth-order valence-electron chi connectivity index (χ4n) is 1.33. The van der Waals surface area contributed by atoms with Gasteiger partial charge in [-0.05, 0) is 17.7 Å². The third-order valence-electron chi connectivity index (χ3n) is 2.00. The molecule has 0 bridgehead atoms. The summed E-state index contributed by atoms with van der Waals surface area (Å²) >= 11 is 1.34. The van der Waals surface area contributed by atoms with E-state index in [9.17, 15) is 9.50 Å². The molecule has 0 saturated heterocycles. The average molecular weight is 208 g/mol. The Hall–Kier alpha value is -1.22. The minimum absolute atomic E-state index is 0.241. The zero-order valence-electron chi connectivity index (χ0n) is 7.40. The van der Waals surface area contributed by atoms with Crippen molar-refractivity contribution in [3.63, 3.8) is 0 Å². The summed E-state index contributed by atoms with van der Waals surface area (Å²) in [6, 6.07) is 6.57. The monoisotopic (exact) mass is 208 g/mol. The van der Waals surface area contributed by atoms with E-state index < -0.39 is 0 Å². The maximum Gasteiger partial charge on any atom is 0.150 e. The first-order chi connectivity index (χ1) is 6.77. The van der Waals surface area contributed by atoms with Crippen molar-refractivity contribution in [3.8, 4) is 0 Å². The van der Waals surface area contributed by atoms with Crippen LogP contribution in [0.25, 0.3) is 5.57 Å². The highest BCUT2D eigenvalue weighted by Gasteiger charge is 2.09. The molecule has 1 N–H and O–H groups in total. The largest absolute Gasteiger partial charge is 0.502 e. The van der Waals surface area contributed by atoms with E-state index >= 15 is 0 Å². The lowest BCUT2D eigenvalue weighted by molar-refractivity contribution is 0.456. The van der Waals surface area contributed by atoms with Gasteiger partial charge in [-0.3, -0.25) is 0 Å². The number of aliphatic hydroxyl groups is 1. The number of hydrogen-bond acceptors (Lipinski definition) is 2. The van der Waals surface area contributed by atoms with Gasteiger partial charge < -0.3 is 5.11 Å². The summed E-state index contributed by atoms with van der Waals surface area (Å²) < 4.78 is 13.3. The number of allylic oxidation sites excluding steroid dienone is 2. The Morgan fingerprint density at radius 2 is 2.07 bits per heavy atom. The third-order valence-corrected chi connectivity index (χ3v) is 2.75. The zero-order valence-corrected chi connectivity index (χ0v) is 8.22. The second-order valence-corrected chi connectivity index (χ2v) is 3.97. The Balaban J connectivity index is 2.41. The van der Waals surface area contributed by atoms with Crippen LogP contribution in [-0.2, 0) is 0 Å². The predicted octanol–water partition coefficient (Wildman–Crippen LogP) is 3.36. The first-order valence-corrected chi connectivity index (χ1v) is 5.24. The van der Waals surface area contributed by atoms with Gasteiger partial charge in [-0.25, -0.2) is 4.39 Å². The summed E-state index contributed by atoms with van der Waals surface area (Å²) in [5.74, 6) is 0.432. The normalized spacial score (nSPS) is 16.1. The van der Waals surface area contributed by atoms with Crippen LogP contribution >= 0.6 is 11.8 Å². The molecule has 1 aliphatic heterocycles. The van der Waals surface area contributed by atoms with Crippen LogP contribution in [0.2, 0.25) is 0 Å². The zero-order chi connectivity index (χ0) is 9.97. The van der Waals surface area contributed by atoms with Crippen molar-refractivity contribution < 1.29 is 9.50 Å². The van der Waals surface area contributed by atoms with Crippen LogP contribution in [0.1, 0.15) is 5.56 Å². The van der Waals surface area contributed by atoms with Gasteiger partial charge in [0.1, 0.15) is 5.82 Å². The first kappa shape index (κ1) is 9.34. The molecule has 14 heavy (non-hydrogen) atoms. The Labute approximate surface area is 86.0 Å². The van der Waals surface area contributed by atoms with E-state index in [2.05, 4.69) is 0 Å². The van der Waals surface area contributed by atoms with E-state index in [4.69, 9.17) is 0 Å². The van der Waals surface area contributed by atoms with Crippen molar-refractivity contribution in [1.82, 2.24) is 0 Å². The van der Waals surface area contributed by atoms with Gasteiger partial charge in [-0.2, -0.15) is 0 Å². The summed E-state index contributed by atoms with van der Waals surface area (Å²) in [6.45, 7) is 0. The van der Waals surface area contributed by atoms with Crippen molar-refractivity contribution in [2.24, 2.45) is 0 Å². The Morgan fingerprint density at radius 1 is 1.29 bits per heavy atom. The van der Waals surface area contributed by atoms with Gasteiger partial charge >= 0.3 is 0 Å². The second-order valence-electron chi connectivity index (χ2n) is 2.93. The van der Waals surface area contributed by atoms with E-state index in [1.807, 2.05) is 6.08 Å². The maximum atomic E-state index is 13.3. The third kappa shape index (κ3) is 1.82. The molecule has 1 aromatic rings. The number of rotatable bonds is 1. The molecule has 1 aliphatic rings. The van der Waals surface area contributed by atoms with Crippen LogP contribution in [0.3, 0.4) is 0 Å². The van der Waals surface area contributed by atoms with Crippen LogP contribution in [-0.4, -0.2) is 10.9 Å². The molecule has 0 amide bonds. The molecule has 0 aliphatic carbocycles. The van der Waals surface area contributed by atoms with E-state index in [1.165, 1.54) is 17.8 Å². The molecule has 0 aromatic heterocycles. The smallest absolute Gasteiger partial charge is 0.150 e. The van der Waals surface area contributed by atoms with Crippen molar-refractivity contribution in [3.05, 3.63) is 52.9 Å². The Morgan fingerprint density at radius 3 is 2.79 bits per heavy atom. The summed E-state index contributed by atoms with van der Waals surface area (Å²) in [7, 11) is 0. The highest BCUT2D eigenvalue weighted by atomic mass is 32.2. The SMILES string of the molecule is OC1=CC(c2ccccc2F)=CCS1. The van der Waals surface area contributed by atoms with E-state index in [0.717, 1.165) is 5.57 Å². The van der Waals surface area contributed by atoms with Gasteiger partial charge in [-0.15, -0.1) is 0 Å². The molecule has 3 heteroatoms. The number of thioether (sulfide) groups is 1. The molecular formula is C11H9FOS. The van der Waals surface area contributed by atoms with Crippen molar-refractivity contribution in [2.75, 3.05) is 5.75 Å². The van der Waals surface area contributed by atoms with Crippen molar-refractivity contribution in [2.45, 2.75) is 0 Å². The van der Waals surface area contributed by atoms with Crippen LogP contribution < -0.4 is 0 Å². The van der Waals surface area contributed by atoms with E-state index in [1.54, 1.807) is 24.3 Å². The molecule has 2 rings (SSSR count). The molecule has 0 unspecified atom stereocenters. The minimum atomic E-state index is -0.255. The number of aliphatic hydroxyl groups excluding tert-OH is 1. The van der Waals surface area contributed by atoms with Crippen molar-refractivity contribution >= 4 is 17.3 Å². The van der Waals surface area contributed by atoms with E-state index in [0.29, 0.717) is 11.3 Å². The fraction of sp³-hybridized carbons (Fsp3) is 0.0909. The maximum absolute atomic E-state index is 13.3. The molecule has 0 radical (unpaired) electrons. The standard InChI is InChI=1S/C11H9FOS/c12-10-4-2-1-3-9(10)8-5-6-14-11(13)7-8/h1-5,7,13H,6H2. The Kier molecular flexibility index (Phi) is 2.59. The van der Waals surface area contributed by atoms with E-state index in [-0.39, 0.29) is 10.9 Å². The summed E-state index contributed by atoms with van der Waals surface area (Å²) in [4.78, 5) is 0.